The fraction of sp³-hybridized carbons (Fsp3) is 0.733. The van der Waals surface area contributed by atoms with Gasteiger partial charge in [-0.25, -0.2) is 4.98 Å². The molecule has 20 heavy (non-hydrogen) atoms. The number of anilines is 1. The second kappa shape index (κ2) is 6.12. The summed E-state index contributed by atoms with van der Waals surface area (Å²) in [4.78, 5) is 16.6. The molecule has 1 saturated carbocycles. The molecule has 0 aromatic carbocycles. The number of rotatable bonds is 6. The molecular weight excluding hydrogens is 272 g/mol. The van der Waals surface area contributed by atoms with E-state index in [1.807, 2.05) is 26.2 Å². The van der Waals surface area contributed by atoms with Crippen molar-refractivity contribution in [2.45, 2.75) is 58.4 Å². The van der Waals surface area contributed by atoms with Gasteiger partial charge in [-0.05, 0) is 46.5 Å². The molecule has 1 aromatic heterocycles. The Hall–Kier alpha value is -1.10. The van der Waals surface area contributed by atoms with Crippen LogP contribution in [-0.4, -0.2) is 23.6 Å². The third kappa shape index (κ3) is 3.14. The quantitative estimate of drug-likeness (QED) is 0.815. The van der Waals surface area contributed by atoms with Crippen LogP contribution in [0.3, 0.4) is 0 Å². The first-order valence-electron chi connectivity index (χ1n) is 7.35. The lowest BCUT2D eigenvalue weighted by atomic mass is 9.80. The standard InChI is InChI=1S/C15H24N2O2S/c1-5-19-13(18)15(3,4)12-9-20-14(17-12)16-10(2)11-7-6-8-11/h9-11H,5-8H2,1-4H3,(H,16,17). The van der Waals surface area contributed by atoms with Gasteiger partial charge in [0.2, 0.25) is 0 Å². The maximum Gasteiger partial charge on any atom is 0.317 e. The molecular formula is C15H24N2O2S. The van der Waals surface area contributed by atoms with Crippen molar-refractivity contribution in [1.82, 2.24) is 4.98 Å². The molecule has 1 heterocycles. The maximum absolute atomic E-state index is 12.0. The van der Waals surface area contributed by atoms with Crippen molar-refractivity contribution >= 4 is 22.4 Å². The van der Waals surface area contributed by atoms with Gasteiger partial charge in [0.1, 0.15) is 5.41 Å². The zero-order chi connectivity index (χ0) is 14.8. The lowest BCUT2D eigenvalue weighted by molar-refractivity contribution is -0.148. The number of hydrogen-bond donors (Lipinski definition) is 1. The number of hydrogen-bond acceptors (Lipinski definition) is 5. The number of carbonyl (C=O) groups excluding carboxylic acids is 1. The van der Waals surface area contributed by atoms with Crippen LogP contribution in [0.5, 0.6) is 0 Å². The first-order valence-corrected chi connectivity index (χ1v) is 8.23. The lowest BCUT2D eigenvalue weighted by Gasteiger charge is -2.31. The molecule has 0 radical (unpaired) electrons. The minimum absolute atomic E-state index is 0.219. The van der Waals surface area contributed by atoms with E-state index in [9.17, 15) is 4.79 Å². The molecule has 5 heteroatoms. The van der Waals surface area contributed by atoms with Crippen LogP contribution in [0.4, 0.5) is 5.13 Å². The molecule has 1 aliphatic carbocycles. The number of esters is 1. The van der Waals surface area contributed by atoms with Crippen molar-refractivity contribution in [2.75, 3.05) is 11.9 Å². The summed E-state index contributed by atoms with van der Waals surface area (Å²) in [7, 11) is 0. The smallest absolute Gasteiger partial charge is 0.317 e. The normalized spacial score (nSPS) is 17.4. The van der Waals surface area contributed by atoms with Gasteiger partial charge >= 0.3 is 5.97 Å². The molecule has 1 aromatic rings. The van der Waals surface area contributed by atoms with E-state index >= 15 is 0 Å². The van der Waals surface area contributed by atoms with Crippen molar-refractivity contribution in [3.63, 3.8) is 0 Å². The summed E-state index contributed by atoms with van der Waals surface area (Å²) in [6.07, 6.45) is 3.96. The average molecular weight is 296 g/mol. The van der Waals surface area contributed by atoms with Gasteiger partial charge in [0.05, 0.1) is 12.3 Å². The predicted octanol–water partition coefficient (Wildman–Crippen LogP) is 3.58. The Balaban J connectivity index is 2.02. The molecule has 1 aliphatic rings. The largest absolute Gasteiger partial charge is 0.465 e. The highest BCUT2D eigenvalue weighted by molar-refractivity contribution is 7.13. The molecule has 0 spiro atoms. The van der Waals surface area contributed by atoms with Crippen LogP contribution in [0.15, 0.2) is 5.38 Å². The van der Waals surface area contributed by atoms with Crippen LogP contribution >= 0.6 is 11.3 Å². The number of aromatic nitrogens is 1. The number of carbonyl (C=O) groups is 1. The predicted molar refractivity (Wildman–Crippen MR) is 82.2 cm³/mol. The van der Waals surface area contributed by atoms with Crippen molar-refractivity contribution in [3.05, 3.63) is 11.1 Å². The fourth-order valence-corrected chi connectivity index (χ4v) is 3.27. The second-order valence-electron chi connectivity index (χ2n) is 6.01. The van der Waals surface area contributed by atoms with Crippen LogP contribution in [0, 0.1) is 5.92 Å². The Kier molecular flexibility index (Phi) is 4.68. The Morgan fingerprint density at radius 3 is 2.85 bits per heavy atom. The summed E-state index contributed by atoms with van der Waals surface area (Å²) >= 11 is 1.56. The van der Waals surface area contributed by atoms with Crippen molar-refractivity contribution in [3.8, 4) is 0 Å². The first kappa shape index (κ1) is 15.3. The van der Waals surface area contributed by atoms with E-state index in [4.69, 9.17) is 4.74 Å². The molecule has 112 valence electrons. The Morgan fingerprint density at radius 1 is 1.60 bits per heavy atom. The molecule has 1 N–H and O–H groups in total. The van der Waals surface area contributed by atoms with E-state index in [0.29, 0.717) is 12.6 Å². The van der Waals surface area contributed by atoms with Gasteiger partial charge in [0.15, 0.2) is 5.13 Å². The average Bonchev–Trinajstić information content (AvgIpc) is 2.75. The van der Waals surface area contributed by atoms with Gasteiger partial charge in [0.25, 0.3) is 0 Å². The second-order valence-corrected chi connectivity index (χ2v) is 6.87. The summed E-state index contributed by atoms with van der Waals surface area (Å²) in [5, 5.41) is 6.31. The van der Waals surface area contributed by atoms with E-state index in [1.54, 1.807) is 11.3 Å². The maximum atomic E-state index is 12.0. The minimum atomic E-state index is -0.688. The van der Waals surface area contributed by atoms with Gasteiger partial charge in [-0.2, -0.15) is 0 Å². The van der Waals surface area contributed by atoms with E-state index in [-0.39, 0.29) is 5.97 Å². The Labute approximate surface area is 124 Å². The van der Waals surface area contributed by atoms with E-state index in [1.165, 1.54) is 19.3 Å². The topological polar surface area (TPSA) is 51.2 Å². The van der Waals surface area contributed by atoms with Gasteiger partial charge in [-0.1, -0.05) is 6.42 Å². The molecule has 2 rings (SSSR count). The Bertz CT molecular complexity index is 466. The lowest BCUT2D eigenvalue weighted by Crippen LogP contribution is -2.32. The third-order valence-electron chi connectivity index (χ3n) is 4.14. The van der Waals surface area contributed by atoms with Gasteiger partial charge in [0, 0.05) is 11.4 Å². The Morgan fingerprint density at radius 2 is 2.30 bits per heavy atom. The fourth-order valence-electron chi connectivity index (χ4n) is 2.30. The molecule has 0 saturated heterocycles. The van der Waals surface area contributed by atoms with Crippen molar-refractivity contribution < 1.29 is 9.53 Å². The number of thiazole rings is 1. The summed E-state index contributed by atoms with van der Waals surface area (Å²) < 4.78 is 5.12. The molecule has 1 fully saturated rings. The zero-order valence-electron chi connectivity index (χ0n) is 12.7. The number of nitrogens with one attached hydrogen (secondary N) is 1. The van der Waals surface area contributed by atoms with Crippen molar-refractivity contribution in [1.29, 1.82) is 0 Å². The molecule has 0 bridgehead atoms. The van der Waals surface area contributed by atoms with Crippen LogP contribution in [-0.2, 0) is 14.9 Å². The molecule has 0 amide bonds. The van der Waals surface area contributed by atoms with Crippen LogP contribution in [0.2, 0.25) is 0 Å². The molecule has 1 unspecified atom stereocenters. The monoisotopic (exact) mass is 296 g/mol. The summed E-state index contributed by atoms with van der Waals surface area (Å²) in [5.41, 5.74) is 0.0934. The van der Waals surface area contributed by atoms with Gasteiger partial charge in [-0.15, -0.1) is 11.3 Å². The van der Waals surface area contributed by atoms with Crippen molar-refractivity contribution in [2.24, 2.45) is 5.92 Å². The molecule has 4 nitrogen and oxygen atoms in total. The van der Waals surface area contributed by atoms with Crippen LogP contribution in [0.1, 0.15) is 52.7 Å². The van der Waals surface area contributed by atoms with Crippen LogP contribution in [0.25, 0.3) is 0 Å². The molecule has 0 aliphatic heterocycles. The van der Waals surface area contributed by atoms with Gasteiger partial charge < -0.3 is 10.1 Å². The highest BCUT2D eigenvalue weighted by Gasteiger charge is 2.34. The molecule has 1 atom stereocenters. The van der Waals surface area contributed by atoms with E-state index < -0.39 is 5.41 Å². The SMILES string of the molecule is CCOC(=O)C(C)(C)c1csc(NC(C)C2CCC2)n1. The zero-order valence-corrected chi connectivity index (χ0v) is 13.5. The highest BCUT2D eigenvalue weighted by Crippen LogP contribution is 2.33. The first-order chi connectivity index (χ1) is 9.45. The number of nitrogens with zero attached hydrogens (tertiary/aromatic N) is 1. The van der Waals surface area contributed by atoms with Crippen LogP contribution < -0.4 is 5.32 Å². The summed E-state index contributed by atoms with van der Waals surface area (Å²) in [5.74, 6) is 0.546. The van der Waals surface area contributed by atoms with Gasteiger partial charge in [-0.3, -0.25) is 4.79 Å². The van der Waals surface area contributed by atoms with E-state index in [2.05, 4.69) is 17.2 Å². The summed E-state index contributed by atoms with van der Waals surface area (Å²) in [6.45, 7) is 8.15. The third-order valence-corrected chi connectivity index (χ3v) is 4.91. The number of ether oxygens (including phenoxy) is 1. The highest BCUT2D eigenvalue weighted by atomic mass is 32.1. The minimum Gasteiger partial charge on any atom is -0.465 e. The van der Waals surface area contributed by atoms with E-state index in [0.717, 1.165) is 16.7 Å². The summed E-state index contributed by atoms with van der Waals surface area (Å²) in [6, 6.07) is 0.452.